The Morgan fingerprint density at radius 3 is 1.36 bits per heavy atom. The van der Waals surface area contributed by atoms with Crippen LogP contribution in [0.2, 0.25) is 0 Å². The molecule has 0 radical (unpaired) electrons. The van der Waals surface area contributed by atoms with Gasteiger partial charge in [0.1, 0.15) is 54.9 Å². The van der Waals surface area contributed by atoms with Gasteiger partial charge in [0.2, 0.25) is 65.0 Å². The second-order valence-electron chi connectivity index (χ2n) is 24.7. The summed E-state index contributed by atoms with van der Waals surface area (Å²) in [6, 6.07) is -12.7. The number of amides is 11. The molecule has 37 heteroatoms. The first kappa shape index (κ1) is 87.7. The number of carbonyl (C=O) groups is 16. The highest BCUT2D eigenvalue weighted by Gasteiger charge is 2.38. The molecule has 0 unspecified atom stereocenters. The number of nitrogens with one attached hydrogen (secondary N) is 10. The van der Waals surface area contributed by atoms with E-state index in [1.807, 2.05) is 40.9 Å². The molecule has 1 aliphatic rings. The highest BCUT2D eigenvalue weighted by Crippen LogP contribution is 2.22. The number of ether oxygens (including phenoxy) is 3. The third-order valence-electron chi connectivity index (χ3n) is 15.0. The number of carbonyl (C=O) groups excluding carboxylic acids is 11. The molecule has 0 aromatic carbocycles. The van der Waals surface area contributed by atoms with E-state index in [9.17, 15) is 102 Å². The van der Waals surface area contributed by atoms with Crippen molar-refractivity contribution in [3.63, 3.8) is 0 Å². The van der Waals surface area contributed by atoms with Crippen LogP contribution < -0.4 is 58.9 Å². The van der Waals surface area contributed by atoms with Crippen molar-refractivity contribution in [3.8, 4) is 0 Å². The number of methoxy groups -OCH3 is 1. The first-order chi connectivity index (χ1) is 46.1. The van der Waals surface area contributed by atoms with Gasteiger partial charge in [-0.15, -0.1) is 0 Å². The quantitative estimate of drug-likeness (QED) is 0.0271. The molecule has 1 heterocycles. The van der Waals surface area contributed by atoms with E-state index in [-0.39, 0.29) is 102 Å². The van der Waals surface area contributed by atoms with Crippen molar-refractivity contribution < 1.29 is 116 Å². The Morgan fingerprint density at radius 1 is 0.510 bits per heavy atom. The Balaban J connectivity index is 3.31. The number of rotatable bonds is 52. The monoisotopic (exact) mass is 1420 g/mol. The molecule has 0 spiro atoms. The Hall–Kier alpha value is -8.29. The third-order valence-corrected chi connectivity index (χ3v) is 15.7. The van der Waals surface area contributed by atoms with Crippen LogP contribution in [0.15, 0.2) is 0 Å². The number of thioether (sulfide) groups is 1. The van der Waals surface area contributed by atoms with Crippen LogP contribution in [-0.4, -0.2) is 258 Å². The molecule has 1 saturated heterocycles. The fourth-order valence-electron chi connectivity index (χ4n) is 9.61. The zero-order valence-electron chi connectivity index (χ0n) is 56.8. The molecule has 9 atom stereocenters. The number of hydrogen-bond acceptors (Lipinski definition) is 21. The van der Waals surface area contributed by atoms with Crippen molar-refractivity contribution in [2.45, 2.75) is 198 Å². The number of carboxylic acids is 5. The number of likely N-dealkylation sites (tertiary alicyclic amines) is 1. The summed E-state index contributed by atoms with van der Waals surface area (Å²) in [4.78, 5) is 210. The number of aliphatic carboxylic acids is 5. The standard InChI is InChI=1S/C61H102N12O24S/c1-35(2)31-42(54(88)64-32-46(75)72-44(34-98-7)61(3,4)5)71-60(94)43-12-10-26-73(43)47(76)33-97-28-25-63-53(87)36(11-8-9-24-62)66-56(90)38(14-19-49(79)80)68-58(92)40(16-21-51(83)84)70-59(93)41(17-22-52(85)86)69-57(91)39(15-20-50(81)82)67-55(89)37(13-18-48(77)78)65-45(74)23-27-96-30-29-95-6/h35-44H,8-34,62H2,1-7H3,(H,63,87)(H,64,88)(H,65,74)(H,66,90)(H,67,89)(H,68,92)(H,69,91)(H,70,93)(H,71,94)(H,72,75)(H,77,78)(H,79,80)(H,81,82)(H,83,84)(H,85,86)/t36-,37-,38-,39-,40-,41-,42+,43+,44+/m1/s1. The summed E-state index contributed by atoms with van der Waals surface area (Å²) in [6.45, 7) is 8.85. The molecule has 11 amide bonds. The Morgan fingerprint density at radius 2 is 0.949 bits per heavy atom. The molecule has 556 valence electrons. The van der Waals surface area contributed by atoms with Gasteiger partial charge >= 0.3 is 29.8 Å². The lowest BCUT2D eigenvalue weighted by Gasteiger charge is -2.31. The van der Waals surface area contributed by atoms with Gasteiger partial charge in [-0.2, -0.15) is 11.8 Å². The largest absolute Gasteiger partial charge is 0.481 e. The van der Waals surface area contributed by atoms with E-state index < -0.39 is 214 Å². The summed E-state index contributed by atoms with van der Waals surface area (Å²) < 4.78 is 15.7. The topological polar surface area (TPSA) is 552 Å². The summed E-state index contributed by atoms with van der Waals surface area (Å²) in [5.74, 6) is -16.7. The average Bonchev–Trinajstić information content (AvgIpc) is 1.64. The number of carboxylic acid groups (broad SMARTS) is 5. The van der Waals surface area contributed by atoms with E-state index in [4.69, 9.17) is 19.9 Å². The Kier molecular flexibility index (Phi) is 42.6. The van der Waals surface area contributed by atoms with Crippen LogP contribution in [0.25, 0.3) is 0 Å². The minimum Gasteiger partial charge on any atom is -0.481 e. The van der Waals surface area contributed by atoms with Crippen LogP contribution in [0.4, 0.5) is 0 Å². The Bertz CT molecular complexity index is 2680. The van der Waals surface area contributed by atoms with Crippen LogP contribution in [0.1, 0.15) is 144 Å². The highest BCUT2D eigenvalue weighted by molar-refractivity contribution is 7.98. The average molecular weight is 1420 g/mol. The normalized spacial score (nSPS) is 15.2. The highest BCUT2D eigenvalue weighted by atomic mass is 32.2. The smallest absolute Gasteiger partial charge is 0.303 e. The summed E-state index contributed by atoms with van der Waals surface area (Å²) in [5, 5.41) is 72.2. The van der Waals surface area contributed by atoms with Gasteiger partial charge in [0.05, 0.1) is 33.0 Å². The second kappa shape index (κ2) is 47.6. The van der Waals surface area contributed by atoms with Gasteiger partial charge in [0, 0.05) is 70.5 Å². The van der Waals surface area contributed by atoms with Crippen LogP contribution in [0, 0.1) is 11.3 Å². The first-order valence-corrected chi connectivity index (χ1v) is 33.7. The van der Waals surface area contributed by atoms with Crippen molar-refractivity contribution in [3.05, 3.63) is 0 Å². The van der Waals surface area contributed by atoms with Crippen LogP contribution in [-0.2, 0) is 90.9 Å². The molecular weight excluding hydrogens is 1320 g/mol. The lowest BCUT2D eigenvalue weighted by molar-refractivity contribution is -0.142. The molecule has 0 aliphatic carbocycles. The van der Waals surface area contributed by atoms with E-state index in [1.165, 1.54) is 12.0 Å². The van der Waals surface area contributed by atoms with Crippen molar-refractivity contribution >= 4 is 107 Å². The van der Waals surface area contributed by atoms with Gasteiger partial charge in [0.25, 0.3) is 0 Å². The van der Waals surface area contributed by atoms with E-state index >= 15 is 0 Å². The molecule has 1 rings (SSSR count). The molecule has 1 fully saturated rings. The zero-order chi connectivity index (χ0) is 74.1. The van der Waals surface area contributed by atoms with Crippen molar-refractivity contribution in [1.82, 2.24) is 58.1 Å². The van der Waals surface area contributed by atoms with E-state index in [0.717, 1.165) is 0 Å². The van der Waals surface area contributed by atoms with E-state index in [2.05, 4.69) is 53.2 Å². The maximum Gasteiger partial charge on any atom is 0.303 e. The van der Waals surface area contributed by atoms with Crippen LogP contribution >= 0.6 is 11.8 Å². The molecule has 0 saturated carbocycles. The SMILES string of the molecule is COCCOCCC(=O)N[C@H](CCC(=O)O)C(=O)N[C@H](CCC(=O)O)C(=O)N[C@H](CCC(=O)O)C(=O)N[C@H](CCC(=O)O)C(=O)N[C@H](CCC(=O)O)C(=O)N[C@H](CCCCN)C(=O)NCCOCC(=O)N1CCC[C@H]1C(=O)N[C@@H](CC(C)C)C(=O)NCC(=O)N[C@@H](CSC)C(C)(C)C. The van der Waals surface area contributed by atoms with Gasteiger partial charge < -0.3 is 104 Å². The molecule has 1 aliphatic heterocycles. The van der Waals surface area contributed by atoms with Gasteiger partial charge in [-0.3, -0.25) is 76.7 Å². The minimum absolute atomic E-state index is 0.0484. The molecule has 0 aromatic rings. The fourth-order valence-corrected chi connectivity index (χ4v) is 10.5. The molecule has 0 bridgehead atoms. The number of hydrogen-bond donors (Lipinski definition) is 16. The van der Waals surface area contributed by atoms with Crippen LogP contribution in [0.5, 0.6) is 0 Å². The summed E-state index contributed by atoms with van der Waals surface area (Å²) >= 11 is 1.57. The molecular formula is C61H102N12O24S. The Labute approximate surface area is 572 Å². The van der Waals surface area contributed by atoms with Gasteiger partial charge in [0.15, 0.2) is 0 Å². The third kappa shape index (κ3) is 37.4. The minimum atomic E-state index is -1.95. The number of nitrogens with zero attached hydrogens (tertiary/aromatic N) is 1. The molecule has 0 aromatic heterocycles. The maximum atomic E-state index is 14.1. The number of nitrogens with two attached hydrogens (primary N) is 1. The first-order valence-electron chi connectivity index (χ1n) is 32.3. The zero-order valence-corrected chi connectivity index (χ0v) is 57.6. The van der Waals surface area contributed by atoms with Gasteiger partial charge in [-0.1, -0.05) is 34.6 Å². The predicted octanol–water partition coefficient (Wildman–Crippen LogP) is -2.93. The fraction of sp³-hybridized carbons (Fsp3) is 0.738. The second-order valence-corrected chi connectivity index (χ2v) is 25.6. The lowest BCUT2D eigenvalue weighted by atomic mass is 9.88. The molecule has 17 N–H and O–H groups in total. The molecule has 36 nitrogen and oxygen atoms in total. The van der Waals surface area contributed by atoms with Crippen molar-refractivity contribution in [2.24, 2.45) is 17.1 Å². The number of unbranched alkanes of at least 4 members (excludes halogenated alkanes) is 1. The van der Waals surface area contributed by atoms with Crippen molar-refractivity contribution in [1.29, 1.82) is 0 Å². The van der Waals surface area contributed by atoms with Gasteiger partial charge in [-0.25, -0.2) is 0 Å². The summed E-state index contributed by atoms with van der Waals surface area (Å²) in [5.41, 5.74) is 5.45. The lowest BCUT2D eigenvalue weighted by Crippen LogP contribution is -2.60. The van der Waals surface area contributed by atoms with E-state index in [1.54, 1.807) is 11.8 Å². The predicted molar refractivity (Wildman–Crippen MR) is 349 cm³/mol. The van der Waals surface area contributed by atoms with Crippen molar-refractivity contribution in [2.75, 3.05) is 78.3 Å². The van der Waals surface area contributed by atoms with Crippen LogP contribution in [0.3, 0.4) is 0 Å². The maximum absolute atomic E-state index is 14.1. The van der Waals surface area contributed by atoms with E-state index in [0.29, 0.717) is 18.6 Å². The summed E-state index contributed by atoms with van der Waals surface area (Å²) in [6.07, 6.45) is -4.20. The van der Waals surface area contributed by atoms with Gasteiger partial charge in [-0.05, 0) is 94.8 Å². The molecule has 98 heavy (non-hydrogen) atoms. The summed E-state index contributed by atoms with van der Waals surface area (Å²) in [7, 11) is 1.41.